The molecule has 5 nitrogen and oxygen atoms in total. The molecule has 0 saturated heterocycles. The topological polar surface area (TPSA) is 75.6 Å². The molecule has 0 heterocycles. The maximum absolute atomic E-state index is 12.3. The van der Waals surface area contributed by atoms with Crippen LogP contribution >= 0.6 is 0 Å². The van der Waals surface area contributed by atoms with Crippen LogP contribution in [0.4, 0.5) is 0 Å². The zero-order valence-electron chi connectivity index (χ0n) is 13.7. The van der Waals surface area contributed by atoms with Gasteiger partial charge in [-0.1, -0.05) is 37.3 Å². The summed E-state index contributed by atoms with van der Waals surface area (Å²) in [5.74, 6) is 0.639. The Morgan fingerprint density at radius 1 is 1.08 bits per heavy atom. The maximum atomic E-state index is 12.3. The van der Waals surface area contributed by atoms with E-state index < -0.39 is 16.1 Å². The molecule has 0 radical (unpaired) electrons. The van der Waals surface area contributed by atoms with Crippen molar-refractivity contribution in [2.24, 2.45) is 0 Å². The lowest BCUT2D eigenvalue weighted by atomic mass is 10.1. The minimum absolute atomic E-state index is 0.0364. The van der Waals surface area contributed by atoms with Crippen LogP contribution in [-0.4, -0.2) is 32.8 Å². The predicted molar refractivity (Wildman–Crippen MR) is 93.6 cm³/mol. The van der Waals surface area contributed by atoms with Gasteiger partial charge < -0.3 is 9.84 Å². The average Bonchev–Trinajstić information content (AvgIpc) is 2.59. The molecule has 130 valence electrons. The summed E-state index contributed by atoms with van der Waals surface area (Å²) in [5.41, 5.74) is 0.960. The van der Waals surface area contributed by atoms with Crippen molar-refractivity contribution >= 4 is 10.0 Å². The Hall–Kier alpha value is -1.89. The van der Waals surface area contributed by atoms with E-state index in [9.17, 15) is 13.5 Å². The molecule has 0 aliphatic rings. The lowest BCUT2D eigenvalue weighted by molar-refractivity contribution is 0.179. The Labute approximate surface area is 143 Å². The van der Waals surface area contributed by atoms with Crippen LogP contribution in [-0.2, 0) is 16.4 Å². The monoisotopic (exact) mass is 349 g/mol. The molecule has 0 saturated carbocycles. The summed E-state index contributed by atoms with van der Waals surface area (Å²) in [7, 11) is -3.65. The van der Waals surface area contributed by atoms with Crippen molar-refractivity contribution in [1.29, 1.82) is 0 Å². The van der Waals surface area contributed by atoms with E-state index >= 15 is 0 Å². The van der Waals surface area contributed by atoms with Gasteiger partial charge in [-0.15, -0.1) is 0 Å². The first-order valence-corrected chi connectivity index (χ1v) is 9.44. The first kappa shape index (κ1) is 18.4. The summed E-state index contributed by atoms with van der Waals surface area (Å²) >= 11 is 0. The highest BCUT2D eigenvalue weighted by atomic mass is 32.2. The molecule has 0 amide bonds. The van der Waals surface area contributed by atoms with Crippen LogP contribution < -0.4 is 9.46 Å². The first-order valence-electron chi connectivity index (χ1n) is 7.96. The molecule has 2 rings (SSSR count). The SMILES string of the molecule is CCCOc1ccc(S(=O)(=O)NCC(O)Cc2ccccc2)cc1. The van der Waals surface area contributed by atoms with Crippen molar-refractivity contribution < 1.29 is 18.3 Å². The van der Waals surface area contributed by atoms with E-state index in [0.29, 0.717) is 18.8 Å². The fourth-order valence-corrected chi connectivity index (χ4v) is 3.26. The Bertz CT molecular complexity index is 714. The third-order valence-corrected chi connectivity index (χ3v) is 4.87. The van der Waals surface area contributed by atoms with Crippen LogP contribution in [0, 0.1) is 0 Å². The Kier molecular flexibility index (Phi) is 6.78. The van der Waals surface area contributed by atoms with E-state index in [1.165, 1.54) is 12.1 Å². The van der Waals surface area contributed by atoms with Crippen molar-refractivity contribution in [2.45, 2.75) is 30.8 Å². The van der Waals surface area contributed by atoms with Gasteiger partial charge in [0.05, 0.1) is 17.6 Å². The molecule has 0 fully saturated rings. The second-order valence-corrected chi connectivity index (χ2v) is 7.28. The van der Waals surface area contributed by atoms with Gasteiger partial charge in [-0.2, -0.15) is 0 Å². The second-order valence-electron chi connectivity index (χ2n) is 5.52. The van der Waals surface area contributed by atoms with Gasteiger partial charge in [-0.25, -0.2) is 13.1 Å². The molecule has 24 heavy (non-hydrogen) atoms. The predicted octanol–water partition coefficient (Wildman–Crippen LogP) is 2.36. The van der Waals surface area contributed by atoms with Crippen molar-refractivity contribution in [1.82, 2.24) is 4.72 Å². The maximum Gasteiger partial charge on any atom is 0.240 e. The van der Waals surface area contributed by atoms with Crippen molar-refractivity contribution in [3.05, 3.63) is 60.2 Å². The van der Waals surface area contributed by atoms with Crippen molar-refractivity contribution in [3.8, 4) is 5.75 Å². The number of nitrogens with one attached hydrogen (secondary N) is 1. The summed E-state index contributed by atoms with van der Waals surface area (Å²) in [6.07, 6.45) is 0.503. The lowest BCUT2D eigenvalue weighted by Crippen LogP contribution is -2.33. The van der Waals surface area contributed by atoms with Crippen LogP contribution in [0.1, 0.15) is 18.9 Å². The number of hydrogen-bond acceptors (Lipinski definition) is 4. The quantitative estimate of drug-likeness (QED) is 0.729. The molecule has 6 heteroatoms. The van der Waals surface area contributed by atoms with E-state index in [-0.39, 0.29) is 11.4 Å². The smallest absolute Gasteiger partial charge is 0.240 e. The largest absolute Gasteiger partial charge is 0.494 e. The molecule has 2 aromatic carbocycles. The zero-order chi connectivity index (χ0) is 17.4. The van der Waals surface area contributed by atoms with Gasteiger partial charge in [0.15, 0.2) is 0 Å². The molecule has 0 spiro atoms. The molecule has 0 aromatic heterocycles. The molecule has 2 aromatic rings. The number of aliphatic hydroxyl groups excluding tert-OH is 1. The van der Waals surface area contributed by atoms with Crippen LogP contribution in [0.25, 0.3) is 0 Å². The molecule has 2 N–H and O–H groups in total. The van der Waals surface area contributed by atoms with Gasteiger partial charge in [-0.3, -0.25) is 0 Å². The standard InChI is InChI=1S/C18H23NO4S/c1-2-12-23-17-8-10-18(11-9-17)24(21,22)19-14-16(20)13-15-6-4-3-5-7-15/h3-11,16,19-20H,2,12-14H2,1H3. The second kappa shape index (κ2) is 8.82. The molecular weight excluding hydrogens is 326 g/mol. The van der Waals surface area contributed by atoms with Crippen LogP contribution in [0.3, 0.4) is 0 Å². The lowest BCUT2D eigenvalue weighted by Gasteiger charge is -2.13. The summed E-state index contributed by atoms with van der Waals surface area (Å²) in [4.78, 5) is 0.151. The molecule has 0 bridgehead atoms. The highest BCUT2D eigenvalue weighted by Crippen LogP contribution is 2.16. The van der Waals surface area contributed by atoms with Crippen LogP contribution in [0.5, 0.6) is 5.75 Å². The highest BCUT2D eigenvalue weighted by Gasteiger charge is 2.16. The van der Waals surface area contributed by atoms with Crippen molar-refractivity contribution in [2.75, 3.05) is 13.2 Å². The Morgan fingerprint density at radius 3 is 2.38 bits per heavy atom. The number of aliphatic hydroxyl groups is 1. The number of hydrogen-bond donors (Lipinski definition) is 2. The first-order chi connectivity index (χ1) is 11.5. The molecule has 1 unspecified atom stereocenters. The van der Waals surface area contributed by atoms with E-state index in [4.69, 9.17) is 4.74 Å². The Balaban J connectivity index is 1.90. The van der Waals surface area contributed by atoms with E-state index in [2.05, 4.69) is 4.72 Å². The third-order valence-electron chi connectivity index (χ3n) is 3.43. The normalized spacial score (nSPS) is 12.8. The highest BCUT2D eigenvalue weighted by molar-refractivity contribution is 7.89. The van der Waals surface area contributed by atoms with E-state index in [0.717, 1.165) is 12.0 Å². The van der Waals surface area contributed by atoms with E-state index in [1.807, 2.05) is 37.3 Å². The van der Waals surface area contributed by atoms with Gasteiger partial charge in [0, 0.05) is 6.54 Å². The minimum Gasteiger partial charge on any atom is -0.494 e. The number of ether oxygens (including phenoxy) is 1. The minimum atomic E-state index is -3.65. The molecular formula is C18H23NO4S. The summed E-state index contributed by atoms with van der Waals surface area (Å²) in [6.45, 7) is 2.56. The Morgan fingerprint density at radius 2 is 1.75 bits per heavy atom. The van der Waals surface area contributed by atoms with Crippen LogP contribution in [0.2, 0.25) is 0 Å². The third kappa shape index (κ3) is 5.63. The fourth-order valence-electron chi connectivity index (χ4n) is 2.18. The van der Waals surface area contributed by atoms with E-state index in [1.54, 1.807) is 12.1 Å². The van der Waals surface area contributed by atoms with Gasteiger partial charge in [0.25, 0.3) is 0 Å². The fraction of sp³-hybridized carbons (Fsp3) is 0.333. The molecule has 0 aliphatic carbocycles. The van der Waals surface area contributed by atoms with Crippen molar-refractivity contribution in [3.63, 3.8) is 0 Å². The van der Waals surface area contributed by atoms with Gasteiger partial charge in [0.1, 0.15) is 5.75 Å². The van der Waals surface area contributed by atoms with Gasteiger partial charge in [-0.05, 0) is 42.7 Å². The number of rotatable bonds is 9. The molecule has 0 aliphatic heterocycles. The summed E-state index contributed by atoms with van der Waals surface area (Å²) in [5, 5.41) is 10.0. The molecule has 1 atom stereocenters. The number of benzene rings is 2. The van der Waals surface area contributed by atoms with Gasteiger partial charge in [0.2, 0.25) is 10.0 Å². The average molecular weight is 349 g/mol. The summed E-state index contributed by atoms with van der Waals surface area (Å²) < 4.78 is 32.4. The number of sulfonamides is 1. The van der Waals surface area contributed by atoms with Gasteiger partial charge >= 0.3 is 0 Å². The summed E-state index contributed by atoms with van der Waals surface area (Å²) in [6, 6.07) is 15.7. The zero-order valence-corrected chi connectivity index (χ0v) is 14.5. The van der Waals surface area contributed by atoms with Crippen LogP contribution in [0.15, 0.2) is 59.5 Å².